The summed E-state index contributed by atoms with van der Waals surface area (Å²) in [7, 11) is 0. The number of anilines is 2. The van der Waals surface area contributed by atoms with Gasteiger partial charge in [0.15, 0.2) is 0 Å². The number of pyridine rings is 1. The van der Waals surface area contributed by atoms with Crippen LogP contribution in [0.3, 0.4) is 0 Å². The third-order valence-electron chi connectivity index (χ3n) is 5.38. The average molecular weight is 482 g/mol. The van der Waals surface area contributed by atoms with Crippen LogP contribution in [0.15, 0.2) is 58.1 Å². The lowest BCUT2D eigenvalue weighted by Gasteiger charge is -2.19. The summed E-state index contributed by atoms with van der Waals surface area (Å²) in [6.45, 7) is 2.53. The smallest absolute Gasteiger partial charge is 0.253 e. The Labute approximate surface area is 200 Å². The molecule has 0 aliphatic heterocycles. The average Bonchev–Trinajstić information content (AvgIpc) is 2.82. The second-order valence-corrected chi connectivity index (χ2v) is 8.56. The summed E-state index contributed by atoms with van der Waals surface area (Å²) in [5.41, 5.74) is 2.27. The zero-order valence-electron chi connectivity index (χ0n) is 17.8. The van der Waals surface area contributed by atoms with Crippen LogP contribution in [0.1, 0.15) is 18.9 Å². The van der Waals surface area contributed by atoms with Gasteiger partial charge >= 0.3 is 0 Å². The summed E-state index contributed by atoms with van der Waals surface area (Å²) < 4.78 is 0. The predicted octanol–water partition coefficient (Wildman–Crippen LogP) is 4.85. The molecule has 1 aromatic heterocycles. The standard InChI is InChI=1S/C25H21Cl2N3O3/c1-2-10-28-22-23(25(33)24(22)32)29-16(13-31)12-14-6-8-19-15(11-14)7-9-20(30-19)21-17(26)4-3-5-18(21)27/h3-9,11,13,16,28-29H,2,10,12H2,1H3. The van der Waals surface area contributed by atoms with Gasteiger partial charge in [0, 0.05) is 17.5 Å². The van der Waals surface area contributed by atoms with Gasteiger partial charge in [0.05, 0.1) is 27.3 Å². The van der Waals surface area contributed by atoms with Gasteiger partial charge in [-0.25, -0.2) is 4.98 Å². The molecule has 2 N–H and O–H groups in total. The molecule has 0 saturated carbocycles. The van der Waals surface area contributed by atoms with E-state index < -0.39 is 16.9 Å². The first-order chi connectivity index (χ1) is 15.9. The van der Waals surface area contributed by atoms with Crippen LogP contribution in [-0.2, 0) is 11.2 Å². The van der Waals surface area contributed by atoms with Gasteiger partial charge in [-0.05, 0) is 48.7 Å². The summed E-state index contributed by atoms with van der Waals surface area (Å²) in [5, 5.41) is 7.80. The van der Waals surface area contributed by atoms with Crippen LogP contribution in [0.2, 0.25) is 10.0 Å². The zero-order valence-corrected chi connectivity index (χ0v) is 19.3. The minimum atomic E-state index is -0.651. The number of halogens is 2. The SMILES string of the molecule is CCCNc1c(NC(C=O)Cc2ccc3nc(-c4c(Cl)cccc4Cl)ccc3c2)c(=O)c1=O. The molecule has 4 aromatic rings. The second kappa shape index (κ2) is 9.73. The van der Waals surface area contributed by atoms with Gasteiger partial charge in [-0.3, -0.25) is 9.59 Å². The Morgan fingerprint density at radius 1 is 1.00 bits per heavy atom. The van der Waals surface area contributed by atoms with Crippen molar-refractivity contribution < 1.29 is 4.79 Å². The number of aromatic nitrogens is 1. The van der Waals surface area contributed by atoms with Gasteiger partial charge in [0.2, 0.25) is 0 Å². The Hall–Kier alpha value is -3.22. The summed E-state index contributed by atoms with van der Waals surface area (Å²) >= 11 is 12.6. The molecule has 1 unspecified atom stereocenters. The number of hydrogen-bond donors (Lipinski definition) is 2. The highest BCUT2D eigenvalue weighted by Crippen LogP contribution is 2.34. The third kappa shape index (κ3) is 4.63. The Balaban J connectivity index is 1.55. The zero-order chi connectivity index (χ0) is 23.5. The van der Waals surface area contributed by atoms with E-state index in [9.17, 15) is 14.4 Å². The minimum absolute atomic E-state index is 0.175. The van der Waals surface area contributed by atoms with E-state index in [1.54, 1.807) is 18.2 Å². The van der Waals surface area contributed by atoms with Crippen molar-refractivity contribution >= 4 is 51.8 Å². The molecule has 0 radical (unpaired) electrons. The van der Waals surface area contributed by atoms with Gasteiger partial charge in [-0.2, -0.15) is 0 Å². The number of benzene rings is 2. The Kier molecular flexibility index (Phi) is 6.77. The number of fused-ring (bicyclic) bond motifs is 1. The van der Waals surface area contributed by atoms with Crippen LogP contribution < -0.4 is 21.5 Å². The number of nitrogens with zero attached hydrogens (tertiary/aromatic N) is 1. The fraction of sp³-hybridized carbons (Fsp3) is 0.200. The predicted molar refractivity (Wildman–Crippen MR) is 135 cm³/mol. The minimum Gasteiger partial charge on any atom is -0.380 e. The molecular formula is C25H21Cl2N3O3. The van der Waals surface area contributed by atoms with Crippen molar-refractivity contribution in [2.24, 2.45) is 0 Å². The van der Waals surface area contributed by atoms with E-state index in [1.807, 2.05) is 37.3 Å². The van der Waals surface area contributed by atoms with Crippen LogP contribution >= 0.6 is 23.2 Å². The number of nitrogens with one attached hydrogen (secondary N) is 2. The Morgan fingerprint density at radius 2 is 1.73 bits per heavy atom. The van der Waals surface area contributed by atoms with Crippen molar-refractivity contribution in [1.82, 2.24) is 4.98 Å². The van der Waals surface area contributed by atoms with Crippen molar-refractivity contribution in [3.8, 4) is 11.3 Å². The molecule has 1 heterocycles. The number of rotatable bonds is 9. The summed E-state index contributed by atoms with van der Waals surface area (Å²) in [6, 6.07) is 14.1. The monoisotopic (exact) mass is 481 g/mol. The highest BCUT2D eigenvalue weighted by molar-refractivity contribution is 6.39. The maximum absolute atomic E-state index is 12.0. The first-order valence-corrected chi connectivity index (χ1v) is 11.3. The van der Waals surface area contributed by atoms with Crippen LogP contribution in [-0.4, -0.2) is 23.9 Å². The van der Waals surface area contributed by atoms with Gasteiger partial charge in [0.25, 0.3) is 10.9 Å². The van der Waals surface area contributed by atoms with Crippen LogP contribution in [0, 0.1) is 0 Å². The van der Waals surface area contributed by atoms with Gasteiger partial charge in [0.1, 0.15) is 17.7 Å². The topological polar surface area (TPSA) is 88.2 Å². The van der Waals surface area contributed by atoms with Crippen molar-refractivity contribution in [3.05, 3.63) is 84.6 Å². The summed E-state index contributed by atoms with van der Waals surface area (Å²) in [4.78, 5) is 40.1. The lowest BCUT2D eigenvalue weighted by Crippen LogP contribution is -2.40. The molecule has 0 amide bonds. The van der Waals surface area contributed by atoms with E-state index >= 15 is 0 Å². The van der Waals surface area contributed by atoms with Crippen molar-refractivity contribution in [2.75, 3.05) is 17.2 Å². The molecule has 0 aliphatic carbocycles. The lowest BCUT2D eigenvalue weighted by molar-refractivity contribution is -0.108. The molecule has 0 spiro atoms. The van der Waals surface area contributed by atoms with Crippen molar-refractivity contribution in [3.63, 3.8) is 0 Å². The number of aldehydes is 1. The van der Waals surface area contributed by atoms with Gasteiger partial charge in [-0.15, -0.1) is 0 Å². The molecule has 33 heavy (non-hydrogen) atoms. The van der Waals surface area contributed by atoms with Crippen molar-refractivity contribution in [1.29, 1.82) is 0 Å². The maximum atomic E-state index is 12.0. The summed E-state index contributed by atoms with van der Waals surface area (Å²) in [6.07, 6.45) is 1.90. The second-order valence-electron chi connectivity index (χ2n) is 7.75. The normalized spacial score (nSPS) is 12.1. The number of carbonyl (C=O) groups excluding carboxylic acids is 1. The molecule has 0 bridgehead atoms. The quantitative estimate of drug-likeness (QED) is 0.262. The van der Waals surface area contributed by atoms with E-state index in [0.29, 0.717) is 34.3 Å². The molecule has 0 fully saturated rings. The van der Waals surface area contributed by atoms with E-state index in [4.69, 9.17) is 23.2 Å². The number of carbonyl (C=O) groups is 1. The highest BCUT2D eigenvalue weighted by Gasteiger charge is 2.23. The highest BCUT2D eigenvalue weighted by atomic mass is 35.5. The van der Waals surface area contributed by atoms with E-state index in [2.05, 4.69) is 15.6 Å². The largest absolute Gasteiger partial charge is 0.380 e. The molecular weight excluding hydrogens is 461 g/mol. The van der Waals surface area contributed by atoms with Gasteiger partial charge in [-0.1, -0.05) is 48.3 Å². The molecule has 4 rings (SSSR count). The third-order valence-corrected chi connectivity index (χ3v) is 6.01. The van der Waals surface area contributed by atoms with E-state index in [-0.39, 0.29) is 11.4 Å². The fourth-order valence-corrected chi connectivity index (χ4v) is 4.30. The molecule has 1 atom stereocenters. The fourth-order valence-electron chi connectivity index (χ4n) is 3.70. The molecule has 0 aliphatic rings. The first-order valence-electron chi connectivity index (χ1n) is 10.6. The molecule has 8 heteroatoms. The van der Waals surface area contributed by atoms with Crippen LogP contribution in [0.25, 0.3) is 22.2 Å². The molecule has 3 aromatic carbocycles. The van der Waals surface area contributed by atoms with Crippen LogP contribution in [0.5, 0.6) is 0 Å². The van der Waals surface area contributed by atoms with Crippen molar-refractivity contribution in [2.45, 2.75) is 25.8 Å². The molecule has 0 saturated heterocycles. The Bertz CT molecular complexity index is 1390. The lowest BCUT2D eigenvalue weighted by atomic mass is 10.0. The first kappa shape index (κ1) is 23.0. The Morgan fingerprint density at radius 3 is 2.42 bits per heavy atom. The van der Waals surface area contributed by atoms with Gasteiger partial charge < -0.3 is 15.4 Å². The molecule has 168 valence electrons. The summed E-state index contributed by atoms with van der Waals surface area (Å²) in [5.74, 6) is 0. The maximum Gasteiger partial charge on any atom is 0.253 e. The van der Waals surface area contributed by atoms with Crippen LogP contribution in [0.4, 0.5) is 11.4 Å². The number of hydrogen-bond acceptors (Lipinski definition) is 6. The van der Waals surface area contributed by atoms with E-state index in [1.165, 1.54) is 0 Å². The van der Waals surface area contributed by atoms with E-state index in [0.717, 1.165) is 29.2 Å². The molecule has 6 nitrogen and oxygen atoms in total.